The Hall–Kier alpha value is -4.42. The first-order valence-corrected chi connectivity index (χ1v) is 34.7. The molecule has 0 aliphatic carbocycles. The number of nitrogens with zero attached hydrogens (tertiary/aromatic N) is 3. The molecule has 3 amide bonds. The van der Waals surface area contributed by atoms with Gasteiger partial charge in [-0.3, -0.25) is 28.0 Å². The molecule has 3 fully saturated rings. The monoisotopic (exact) mass is 1170 g/mol. The molecule has 3 aromatic rings. The fraction of sp³-hybridized carbons (Fsp3) is 0.696. The van der Waals surface area contributed by atoms with Gasteiger partial charge in [0, 0.05) is 58.5 Å². The number of phosphoric ester groups is 1. The van der Waals surface area contributed by atoms with Crippen LogP contribution in [0.3, 0.4) is 0 Å². The number of unbranched alkanes of at least 4 members (excludes halogenated alkanes) is 21. The van der Waals surface area contributed by atoms with Crippen LogP contribution in [0.15, 0.2) is 72.8 Å². The Labute approximate surface area is 501 Å². The first-order chi connectivity index (χ1) is 40.6. The Kier molecular flexibility index (Phi) is 32.7. The average molecular weight is 1170 g/mol. The topological polar surface area (TPSA) is 133 Å². The van der Waals surface area contributed by atoms with Crippen molar-refractivity contribution in [3.8, 4) is 17.2 Å². The highest BCUT2D eigenvalue weighted by molar-refractivity contribution is 7.48. The van der Waals surface area contributed by atoms with E-state index in [4.69, 9.17) is 27.8 Å². The molecule has 0 radical (unpaired) electrons. The van der Waals surface area contributed by atoms with Gasteiger partial charge in [-0.25, -0.2) is 4.57 Å². The van der Waals surface area contributed by atoms with Gasteiger partial charge in [-0.1, -0.05) is 192 Å². The van der Waals surface area contributed by atoms with E-state index in [1.807, 2.05) is 72.8 Å². The number of amides is 3. The van der Waals surface area contributed by atoms with Crippen LogP contribution in [0.5, 0.6) is 17.2 Å². The quantitative estimate of drug-likeness (QED) is 0.0398. The summed E-state index contributed by atoms with van der Waals surface area (Å²) in [7, 11) is -4.27. The van der Waals surface area contributed by atoms with Crippen LogP contribution in [0, 0.1) is 0 Å². The average Bonchev–Trinajstić information content (AvgIpc) is 4.51. The van der Waals surface area contributed by atoms with Gasteiger partial charge >= 0.3 is 7.82 Å². The van der Waals surface area contributed by atoms with E-state index >= 15 is 4.57 Å². The van der Waals surface area contributed by atoms with Crippen molar-refractivity contribution < 1.29 is 46.7 Å². The minimum Gasteiger partial charge on any atom is -0.494 e. The molecule has 3 aliphatic rings. The van der Waals surface area contributed by atoms with Crippen LogP contribution < -0.4 is 14.2 Å². The maximum atomic E-state index is 15.1. The molecule has 6 rings (SSSR count). The molecule has 464 valence electrons. The van der Waals surface area contributed by atoms with Crippen LogP contribution in [-0.4, -0.2) is 110 Å². The summed E-state index contributed by atoms with van der Waals surface area (Å²) in [5, 5.41) is 0. The lowest BCUT2D eigenvalue weighted by atomic mass is 10.1. The van der Waals surface area contributed by atoms with Gasteiger partial charge in [-0.15, -0.1) is 0 Å². The summed E-state index contributed by atoms with van der Waals surface area (Å²) < 4.78 is 52.5. The SMILES string of the molecule is CCCCCCCCCCOc1cccc(CCC(=O)N2CC[C@@H](OP(=O)(O[C@@H]3CCN(C(=O)CCc4cccc(OCCCCCCCCCC)c4)C3)O[C@@H]3CCN(C(=O)CCc4cccc(OCCCCCCCCCC)c4)C3)C2)c1. The Bertz CT molecular complexity index is 2080. The van der Waals surface area contributed by atoms with Gasteiger partial charge in [0.25, 0.3) is 0 Å². The maximum Gasteiger partial charge on any atom is 0.475 e. The van der Waals surface area contributed by atoms with E-state index < -0.39 is 26.1 Å². The highest BCUT2D eigenvalue weighted by Gasteiger charge is 2.43. The second kappa shape index (κ2) is 40.1. The van der Waals surface area contributed by atoms with Crippen molar-refractivity contribution in [1.29, 1.82) is 0 Å². The number of phosphoric acid groups is 1. The molecule has 13 nitrogen and oxygen atoms in total. The van der Waals surface area contributed by atoms with Crippen molar-refractivity contribution in [2.24, 2.45) is 0 Å². The van der Waals surface area contributed by atoms with Gasteiger partial charge in [-0.05, 0) is 111 Å². The number of carbonyl (C=O) groups is 3. The van der Waals surface area contributed by atoms with Gasteiger partial charge < -0.3 is 28.9 Å². The van der Waals surface area contributed by atoms with Crippen molar-refractivity contribution in [2.75, 3.05) is 59.1 Å². The van der Waals surface area contributed by atoms with Crippen LogP contribution >= 0.6 is 7.82 Å². The second-order valence-electron chi connectivity index (χ2n) is 23.9. The molecule has 3 aliphatic heterocycles. The van der Waals surface area contributed by atoms with Crippen LogP contribution in [0.2, 0.25) is 0 Å². The minimum absolute atomic E-state index is 0.00373. The van der Waals surface area contributed by atoms with Crippen molar-refractivity contribution in [3.63, 3.8) is 0 Å². The first-order valence-electron chi connectivity index (χ1n) is 33.3. The van der Waals surface area contributed by atoms with E-state index in [2.05, 4.69) is 20.8 Å². The zero-order valence-electron chi connectivity index (χ0n) is 51.7. The number of hydrogen-bond donors (Lipinski definition) is 0. The van der Waals surface area contributed by atoms with Gasteiger partial charge in [0.05, 0.1) is 38.1 Å². The fourth-order valence-corrected chi connectivity index (χ4v) is 13.4. The number of likely N-dealkylation sites (tertiary alicyclic amines) is 3. The van der Waals surface area contributed by atoms with Crippen molar-refractivity contribution in [1.82, 2.24) is 14.7 Å². The molecule has 0 saturated carbocycles. The predicted molar refractivity (Wildman–Crippen MR) is 334 cm³/mol. The van der Waals surface area contributed by atoms with E-state index in [1.165, 1.54) is 135 Å². The van der Waals surface area contributed by atoms with E-state index in [-0.39, 0.29) is 37.4 Å². The molecule has 0 aromatic heterocycles. The van der Waals surface area contributed by atoms with Crippen LogP contribution in [-0.2, 0) is 51.8 Å². The zero-order valence-corrected chi connectivity index (χ0v) is 52.6. The molecule has 3 saturated heterocycles. The summed E-state index contributed by atoms with van der Waals surface area (Å²) in [6.45, 7) is 11.0. The molecular weight excluding hydrogens is 1060 g/mol. The van der Waals surface area contributed by atoms with E-state index in [1.54, 1.807) is 14.7 Å². The van der Waals surface area contributed by atoms with E-state index in [0.29, 0.717) is 97.2 Å². The van der Waals surface area contributed by atoms with Crippen LogP contribution in [0.1, 0.15) is 230 Å². The summed E-state index contributed by atoms with van der Waals surface area (Å²) in [5.74, 6) is 2.51. The number of carbonyl (C=O) groups excluding carboxylic acids is 3. The molecule has 0 unspecified atom stereocenters. The highest BCUT2D eigenvalue weighted by Crippen LogP contribution is 2.55. The minimum atomic E-state index is -4.27. The third-order valence-corrected chi connectivity index (χ3v) is 18.4. The Morgan fingerprint density at radius 3 is 0.940 bits per heavy atom. The number of hydrogen-bond acceptors (Lipinski definition) is 10. The second-order valence-corrected chi connectivity index (χ2v) is 25.5. The van der Waals surface area contributed by atoms with Gasteiger partial charge in [-0.2, -0.15) is 0 Å². The smallest absolute Gasteiger partial charge is 0.475 e. The third kappa shape index (κ3) is 27.2. The van der Waals surface area contributed by atoms with Crippen molar-refractivity contribution in [2.45, 2.75) is 251 Å². The lowest BCUT2D eigenvalue weighted by molar-refractivity contribution is -0.131. The number of aryl methyl sites for hydroxylation is 3. The lowest BCUT2D eigenvalue weighted by Crippen LogP contribution is -2.32. The largest absolute Gasteiger partial charge is 0.494 e. The molecule has 3 aromatic carbocycles. The number of benzene rings is 3. The number of ether oxygens (including phenoxy) is 3. The van der Waals surface area contributed by atoms with Crippen LogP contribution in [0.4, 0.5) is 0 Å². The summed E-state index contributed by atoms with van der Waals surface area (Å²) in [6, 6.07) is 24.1. The molecule has 3 atom stereocenters. The third-order valence-electron chi connectivity index (χ3n) is 16.7. The highest BCUT2D eigenvalue weighted by atomic mass is 31.2. The zero-order chi connectivity index (χ0) is 58.6. The van der Waals surface area contributed by atoms with E-state index in [9.17, 15) is 14.4 Å². The van der Waals surface area contributed by atoms with Gasteiger partial charge in [0.15, 0.2) is 0 Å². The molecule has 0 bridgehead atoms. The Balaban J connectivity index is 0.973. The molecule has 3 heterocycles. The molecule has 0 spiro atoms. The normalized spacial score (nSPS) is 17.2. The molecule has 14 heteroatoms. The predicted octanol–water partition coefficient (Wildman–Crippen LogP) is 16.4. The van der Waals surface area contributed by atoms with Gasteiger partial charge in [0.2, 0.25) is 17.7 Å². The summed E-state index contributed by atoms with van der Waals surface area (Å²) >= 11 is 0. The Morgan fingerprint density at radius 1 is 0.398 bits per heavy atom. The molecule has 83 heavy (non-hydrogen) atoms. The van der Waals surface area contributed by atoms with Crippen molar-refractivity contribution in [3.05, 3.63) is 89.5 Å². The van der Waals surface area contributed by atoms with Gasteiger partial charge in [0.1, 0.15) is 17.2 Å². The standard InChI is InChI=1S/C69H108N3O10P/c1-4-7-10-13-16-19-22-25-49-77-61-34-28-31-58(52-61)37-40-67(73)70-46-43-64(55-70)80-83(76,81-65-44-47-71(56-65)68(74)41-38-59-32-29-35-62(53-59)78-50-26-23-20-17-14-11-8-5-2)82-66-45-48-72(57-66)69(75)42-39-60-33-30-36-63(54-60)79-51-27-24-21-18-15-12-9-6-3/h28-36,52-54,64-66H,4-27,37-51,55-57H2,1-3H3/t64-,65-,66-/m1/s1. The first kappa shape index (κ1) is 67.7. The molecular formula is C69H108N3O10P. The Morgan fingerprint density at radius 2 is 0.663 bits per heavy atom. The summed E-state index contributed by atoms with van der Waals surface area (Å²) in [6.07, 6.45) is 32.4. The molecule has 0 N–H and O–H groups in total. The van der Waals surface area contributed by atoms with E-state index in [0.717, 1.165) is 53.2 Å². The lowest BCUT2D eigenvalue weighted by Gasteiger charge is -2.27. The number of rotatable bonds is 45. The summed E-state index contributed by atoms with van der Waals surface area (Å²) in [5.41, 5.74) is 3.14. The summed E-state index contributed by atoms with van der Waals surface area (Å²) in [4.78, 5) is 46.4. The van der Waals surface area contributed by atoms with Crippen LogP contribution in [0.25, 0.3) is 0 Å². The van der Waals surface area contributed by atoms with Crippen molar-refractivity contribution >= 4 is 25.5 Å². The fourth-order valence-electron chi connectivity index (χ4n) is 11.6. The maximum absolute atomic E-state index is 15.1.